The SMILES string of the molecule is C.C.C.C.CC1=CC=C(C)C1.CC1=CC=C(C)C1.CC1=CC=C(C)C1.CC1=CC=CC1. The van der Waals surface area contributed by atoms with Gasteiger partial charge in [0.05, 0.1) is 0 Å². The lowest BCUT2D eigenvalue weighted by Crippen LogP contribution is -1.67. The predicted molar refractivity (Wildman–Crippen MR) is 151 cm³/mol. The van der Waals surface area contributed by atoms with E-state index in [0.717, 1.165) is 0 Å². The molecule has 0 spiro atoms. The Labute approximate surface area is 197 Å². The Kier molecular flexibility index (Phi) is 23.3. The van der Waals surface area contributed by atoms with Gasteiger partial charge in [0.2, 0.25) is 0 Å². The summed E-state index contributed by atoms with van der Waals surface area (Å²) in [6.07, 6.45) is 24.2. The van der Waals surface area contributed by atoms with Crippen molar-refractivity contribution in [1.82, 2.24) is 0 Å². The van der Waals surface area contributed by atoms with E-state index < -0.39 is 0 Å². The van der Waals surface area contributed by atoms with Crippen LogP contribution < -0.4 is 0 Å². The smallest absolute Gasteiger partial charge is 0.0108 e. The molecule has 0 saturated heterocycles. The van der Waals surface area contributed by atoms with Crippen LogP contribution in [0.5, 0.6) is 0 Å². The van der Waals surface area contributed by atoms with Crippen LogP contribution in [0.2, 0.25) is 0 Å². The largest absolute Gasteiger partial charge is 0.0805 e. The van der Waals surface area contributed by atoms with Gasteiger partial charge in [-0.05, 0) is 74.1 Å². The van der Waals surface area contributed by atoms with Gasteiger partial charge in [0.1, 0.15) is 0 Å². The maximum atomic E-state index is 2.18. The lowest BCUT2D eigenvalue weighted by atomic mass is 10.2. The van der Waals surface area contributed by atoms with Crippen LogP contribution in [0.1, 0.15) is 104 Å². The molecule has 0 atom stereocenters. The van der Waals surface area contributed by atoms with Crippen molar-refractivity contribution in [1.29, 1.82) is 0 Å². The van der Waals surface area contributed by atoms with Crippen LogP contribution in [0.4, 0.5) is 0 Å². The summed E-state index contributed by atoms with van der Waals surface area (Å²) in [5, 5.41) is 0. The molecule has 4 aliphatic rings. The number of hydrogen-bond acceptors (Lipinski definition) is 0. The van der Waals surface area contributed by atoms with Gasteiger partial charge in [-0.25, -0.2) is 0 Å². The first-order chi connectivity index (χ1) is 12.8. The highest BCUT2D eigenvalue weighted by molar-refractivity contribution is 5.28. The maximum Gasteiger partial charge on any atom is -0.0108 e. The zero-order chi connectivity index (χ0) is 20.2. The number of allylic oxidation sites excluding steroid dienone is 16. The molecule has 0 nitrogen and oxygen atoms in total. The molecule has 0 aromatic rings. The van der Waals surface area contributed by atoms with Crippen LogP contribution >= 0.6 is 0 Å². The summed E-state index contributed by atoms with van der Waals surface area (Å²) in [5.41, 5.74) is 10.4. The Morgan fingerprint density at radius 2 is 0.645 bits per heavy atom. The van der Waals surface area contributed by atoms with Gasteiger partial charge in [0.25, 0.3) is 0 Å². The van der Waals surface area contributed by atoms with E-state index in [4.69, 9.17) is 0 Å². The average Bonchev–Trinajstić information content (AvgIpc) is 3.37. The highest BCUT2D eigenvalue weighted by atomic mass is 14.0. The molecule has 0 heterocycles. The summed E-state index contributed by atoms with van der Waals surface area (Å²) >= 11 is 0. The molecular weight excluding hydrogens is 372 g/mol. The van der Waals surface area contributed by atoms with Crippen LogP contribution in [0.25, 0.3) is 0 Å². The second-order valence-electron chi connectivity index (χ2n) is 8.25. The second kappa shape index (κ2) is 19.9. The summed E-state index contributed by atoms with van der Waals surface area (Å²) in [7, 11) is 0. The van der Waals surface area contributed by atoms with Crippen molar-refractivity contribution in [3.05, 3.63) is 93.7 Å². The zero-order valence-electron chi connectivity index (χ0n) is 18.5. The van der Waals surface area contributed by atoms with Gasteiger partial charge in [0.15, 0.2) is 0 Å². The van der Waals surface area contributed by atoms with E-state index in [9.17, 15) is 0 Å². The lowest BCUT2D eigenvalue weighted by molar-refractivity contribution is 1.15. The monoisotopic (exact) mass is 426 g/mol. The fourth-order valence-corrected chi connectivity index (χ4v) is 3.08. The van der Waals surface area contributed by atoms with Crippen LogP contribution in [0, 0.1) is 0 Å². The topological polar surface area (TPSA) is 0 Å². The Hall–Kier alpha value is -2.08. The minimum atomic E-state index is 0. The Morgan fingerprint density at radius 1 is 0.387 bits per heavy atom. The van der Waals surface area contributed by atoms with Crippen LogP contribution in [-0.4, -0.2) is 0 Å². The van der Waals surface area contributed by atoms with E-state index in [0.29, 0.717) is 0 Å². The predicted octanol–water partition coefficient (Wildman–Crippen LogP) is 11.3. The van der Waals surface area contributed by atoms with Crippen molar-refractivity contribution >= 4 is 0 Å². The molecule has 4 rings (SSSR count). The molecule has 178 valence electrons. The molecule has 0 fully saturated rings. The summed E-state index contributed by atoms with van der Waals surface area (Å²) in [5.74, 6) is 0. The Balaban J connectivity index is -0.000000151. The summed E-state index contributed by atoms with van der Waals surface area (Å²) in [4.78, 5) is 0. The molecule has 0 bridgehead atoms. The first kappa shape index (κ1) is 36.3. The molecule has 0 aliphatic heterocycles. The summed E-state index contributed by atoms with van der Waals surface area (Å²) < 4.78 is 0. The van der Waals surface area contributed by atoms with E-state index >= 15 is 0 Å². The third-order valence-electron chi connectivity index (χ3n) is 4.59. The van der Waals surface area contributed by atoms with Crippen molar-refractivity contribution in [3.8, 4) is 0 Å². The molecular formula is C31H54. The lowest BCUT2D eigenvalue weighted by Gasteiger charge is -1.87. The minimum Gasteiger partial charge on any atom is -0.0805 e. The van der Waals surface area contributed by atoms with Crippen LogP contribution in [-0.2, 0) is 0 Å². The third kappa shape index (κ3) is 18.4. The van der Waals surface area contributed by atoms with Gasteiger partial charge in [-0.15, -0.1) is 0 Å². The minimum absolute atomic E-state index is 0. The summed E-state index contributed by atoms with van der Waals surface area (Å²) in [6.45, 7) is 15.1. The molecule has 4 aliphatic carbocycles. The van der Waals surface area contributed by atoms with Crippen molar-refractivity contribution in [2.45, 2.75) is 104 Å². The van der Waals surface area contributed by atoms with Gasteiger partial charge >= 0.3 is 0 Å². The molecule has 0 radical (unpaired) electrons. The zero-order valence-corrected chi connectivity index (χ0v) is 18.5. The van der Waals surface area contributed by atoms with Crippen molar-refractivity contribution in [2.24, 2.45) is 0 Å². The van der Waals surface area contributed by atoms with Gasteiger partial charge in [0, 0.05) is 0 Å². The number of hydrogen-bond donors (Lipinski definition) is 0. The first-order valence-corrected chi connectivity index (χ1v) is 10.1. The maximum absolute atomic E-state index is 2.18. The molecule has 31 heavy (non-hydrogen) atoms. The van der Waals surface area contributed by atoms with Crippen LogP contribution in [0.15, 0.2) is 93.7 Å². The average molecular weight is 427 g/mol. The normalized spacial score (nSPS) is 16.5. The van der Waals surface area contributed by atoms with Crippen molar-refractivity contribution in [2.75, 3.05) is 0 Å². The molecule has 0 N–H and O–H groups in total. The van der Waals surface area contributed by atoms with Gasteiger partial charge in [-0.2, -0.15) is 0 Å². The second-order valence-corrected chi connectivity index (χ2v) is 8.25. The first-order valence-electron chi connectivity index (χ1n) is 10.1. The Bertz CT molecular complexity index is 608. The summed E-state index contributed by atoms with van der Waals surface area (Å²) in [6, 6.07) is 0. The van der Waals surface area contributed by atoms with Crippen molar-refractivity contribution < 1.29 is 0 Å². The molecule has 0 amide bonds. The number of rotatable bonds is 0. The molecule has 0 unspecified atom stereocenters. The van der Waals surface area contributed by atoms with Gasteiger partial charge in [-0.3, -0.25) is 0 Å². The highest BCUT2D eigenvalue weighted by Crippen LogP contribution is 2.17. The molecule has 0 aromatic carbocycles. The van der Waals surface area contributed by atoms with E-state index in [2.05, 4.69) is 103 Å². The standard InChI is InChI=1S/3C7H10.C6H8.4CH4/c3*1-6-3-4-7(2)5-6;1-6-4-2-3-5-6;;;;/h3*3-4H,5H2,1-2H3;2-4H,5H2,1H3;4*1H4. The van der Waals surface area contributed by atoms with Gasteiger partial charge < -0.3 is 0 Å². The highest BCUT2D eigenvalue weighted by Gasteiger charge is 1.97. The van der Waals surface area contributed by atoms with E-state index in [1.807, 2.05) is 0 Å². The quantitative estimate of drug-likeness (QED) is 0.361. The molecule has 0 aromatic heterocycles. The molecule has 0 heteroatoms. The van der Waals surface area contributed by atoms with Gasteiger partial charge in [-0.1, -0.05) is 123 Å². The van der Waals surface area contributed by atoms with E-state index in [1.54, 1.807) is 0 Å². The fourth-order valence-electron chi connectivity index (χ4n) is 3.08. The van der Waals surface area contributed by atoms with E-state index in [1.165, 1.54) is 64.7 Å². The van der Waals surface area contributed by atoms with Crippen molar-refractivity contribution in [3.63, 3.8) is 0 Å². The molecule has 0 saturated carbocycles. The Morgan fingerprint density at radius 3 is 0.710 bits per heavy atom. The van der Waals surface area contributed by atoms with Crippen LogP contribution in [0.3, 0.4) is 0 Å². The third-order valence-corrected chi connectivity index (χ3v) is 4.59. The van der Waals surface area contributed by atoms with E-state index in [-0.39, 0.29) is 29.7 Å². The fraction of sp³-hybridized carbons (Fsp3) is 0.484.